The minimum absolute atomic E-state index is 0.241. The van der Waals surface area contributed by atoms with Gasteiger partial charge in [-0.15, -0.1) is 0 Å². The van der Waals surface area contributed by atoms with Crippen molar-refractivity contribution in [2.45, 2.75) is 51.9 Å². The van der Waals surface area contributed by atoms with Crippen molar-refractivity contribution in [1.29, 1.82) is 0 Å². The second-order valence-electron chi connectivity index (χ2n) is 8.50. The van der Waals surface area contributed by atoms with Crippen molar-refractivity contribution in [2.24, 2.45) is 17.8 Å². The smallest absolute Gasteiger partial charge is 0.220 e. The van der Waals surface area contributed by atoms with E-state index in [0.29, 0.717) is 24.2 Å². The van der Waals surface area contributed by atoms with Crippen LogP contribution < -0.4 is 5.32 Å². The molecule has 3 rings (SSSR count). The largest absolute Gasteiger partial charge is 0.356 e. The number of likely N-dealkylation sites (tertiary alicyclic amines) is 1. The molecule has 1 aromatic rings. The van der Waals surface area contributed by atoms with E-state index in [1.807, 2.05) is 0 Å². The molecule has 1 saturated heterocycles. The molecule has 138 valence electrons. The monoisotopic (exact) mass is 342 g/mol. The van der Waals surface area contributed by atoms with Crippen LogP contribution in [-0.4, -0.2) is 37.0 Å². The molecule has 0 bridgehead atoms. The second kappa shape index (κ2) is 8.84. The Labute approximate surface area is 153 Å². The van der Waals surface area contributed by atoms with Gasteiger partial charge in [-0.2, -0.15) is 0 Å². The molecule has 1 aromatic carbocycles. The minimum Gasteiger partial charge on any atom is -0.356 e. The van der Waals surface area contributed by atoms with E-state index in [0.717, 1.165) is 12.5 Å². The van der Waals surface area contributed by atoms with Crippen molar-refractivity contribution in [2.75, 3.05) is 26.2 Å². The topological polar surface area (TPSA) is 32.3 Å². The second-order valence-corrected chi connectivity index (χ2v) is 8.50. The first-order valence-electron chi connectivity index (χ1n) is 10.2. The number of carbonyl (C=O) groups is 1. The van der Waals surface area contributed by atoms with Gasteiger partial charge < -0.3 is 10.2 Å². The Bertz CT molecular complexity index is 530. The molecule has 1 atom stereocenters. The molecule has 0 spiro atoms. The fraction of sp³-hybridized carbons (Fsp3) is 0.682. The minimum atomic E-state index is 0.241. The van der Waals surface area contributed by atoms with Gasteiger partial charge in [0, 0.05) is 19.5 Å². The van der Waals surface area contributed by atoms with Gasteiger partial charge in [-0.25, -0.2) is 0 Å². The number of hydrogen-bond acceptors (Lipinski definition) is 2. The Morgan fingerprint density at radius 3 is 2.40 bits per heavy atom. The summed E-state index contributed by atoms with van der Waals surface area (Å²) in [6.45, 7) is 9.02. The number of hydrogen-bond donors (Lipinski definition) is 1. The molecule has 0 aromatic heterocycles. The van der Waals surface area contributed by atoms with Crippen LogP contribution in [0, 0.1) is 17.8 Å². The first-order chi connectivity index (χ1) is 12.1. The Morgan fingerprint density at radius 1 is 1.12 bits per heavy atom. The lowest BCUT2D eigenvalue weighted by Crippen LogP contribution is -2.40. The number of nitrogens with one attached hydrogen (secondary N) is 1. The van der Waals surface area contributed by atoms with Crippen LogP contribution in [0.3, 0.4) is 0 Å². The average Bonchev–Trinajstić information content (AvgIpc) is 3.44. The van der Waals surface area contributed by atoms with Crippen LogP contribution in [0.5, 0.6) is 0 Å². The number of piperidine rings is 1. The average molecular weight is 343 g/mol. The highest BCUT2D eigenvalue weighted by Gasteiger charge is 2.33. The van der Waals surface area contributed by atoms with E-state index >= 15 is 0 Å². The Hall–Kier alpha value is -1.35. The van der Waals surface area contributed by atoms with Gasteiger partial charge in [0.2, 0.25) is 5.91 Å². The fourth-order valence-corrected chi connectivity index (χ4v) is 4.18. The van der Waals surface area contributed by atoms with Crippen molar-refractivity contribution in [3.8, 4) is 0 Å². The van der Waals surface area contributed by atoms with E-state index < -0.39 is 0 Å². The van der Waals surface area contributed by atoms with Gasteiger partial charge in [-0.3, -0.25) is 4.79 Å². The van der Waals surface area contributed by atoms with Gasteiger partial charge in [-0.05, 0) is 68.0 Å². The number of rotatable bonds is 8. The summed E-state index contributed by atoms with van der Waals surface area (Å²) < 4.78 is 0. The summed E-state index contributed by atoms with van der Waals surface area (Å²) in [5.74, 6) is 2.77. The number of carbonyl (C=O) groups excluding carboxylic acids is 1. The summed E-state index contributed by atoms with van der Waals surface area (Å²) in [6.07, 6.45) is 5.65. The van der Waals surface area contributed by atoms with Crippen molar-refractivity contribution >= 4 is 5.91 Å². The van der Waals surface area contributed by atoms with Crippen LogP contribution in [0.1, 0.15) is 57.4 Å². The Morgan fingerprint density at radius 2 is 1.80 bits per heavy atom. The molecule has 3 nitrogen and oxygen atoms in total. The summed E-state index contributed by atoms with van der Waals surface area (Å²) >= 11 is 0. The third-order valence-electron chi connectivity index (χ3n) is 5.74. The third-order valence-corrected chi connectivity index (χ3v) is 5.74. The molecular formula is C22H34N2O. The summed E-state index contributed by atoms with van der Waals surface area (Å²) in [7, 11) is 0. The SMILES string of the molecule is CC(C)CN1CCC(CNC(=O)CC(c2ccccc2)C2CC2)CC1. The lowest BCUT2D eigenvalue weighted by Gasteiger charge is -2.33. The molecule has 1 N–H and O–H groups in total. The Balaban J connectivity index is 1.41. The van der Waals surface area contributed by atoms with Gasteiger partial charge in [0.1, 0.15) is 0 Å². The number of benzene rings is 1. The molecule has 1 aliphatic heterocycles. The fourth-order valence-electron chi connectivity index (χ4n) is 4.18. The van der Waals surface area contributed by atoms with Gasteiger partial charge in [0.25, 0.3) is 0 Å². The lowest BCUT2D eigenvalue weighted by atomic mass is 9.90. The predicted octanol–water partition coefficient (Wildman–Crippen LogP) is 4.05. The summed E-state index contributed by atoms with van der Waals surface area (Å²) in [5, 5.41) is 3.23. The maximum absolute atomic E-state index is 12.5. The molecule has 2 aliphatic rings. The van der Waals surface area contributed by atoms with Gasteiger partial charge in [0.15, 0.2) is 0 Å². The van der Waals surface area contributed by atoms with Crippen LogP contribution in [0.4, 0.5) is 0 Å². The normalized spacial score (nSPS) is 20.6. The van der Waals surface area contributed by atoms with Crippen molar-refractivity contribution in [3.63, 3.8) is 0 Å². The van der Waals surface area contributed by atoms with Gasteiger partial charge in [0.05, 0.1) is 0 Å². The number of nitrogens with zero attached hydrogens (tertiary/aromatic N) is 1. The van der Waals surface area contributed by atoms with Crippen molar-refractivity contribution < 1.29 is 4.79 Å². The third kappa shape index (κ3) is 5.85. The van der Waals surface area contributed by atoms with Crippen molar-refractivity contribution in [1.82, 2.24) is 10.2 Å². The number of amides is 1. The predicted molar refractivity (Wildman–Crippen MR) is 104 cm³/mol. The zero-order chi connectivity index (χ0) is 17.6. The highest BCUT2D eigenvalue weighted by Crippen LogP contribution is 2.44. The molecule has 1 aliphatic carbocycles. The molecule has 1 amide bonds. The molecular weight excluding hydrogens is 308 g/mol. The van der Waals surface area contributed by atoms with Crippen molar-refractivity contribution in [3.05, 3.63) is 35.9 Å². The summed E-state index contributed by atoms with van der Waals surface area (Å²) in [5.41, 5.74) is 1.34. The maximum atomic E-state index is 12.5. The van der Waals surface area contributed by atoms with Crippen LogP contribution in [0.2, 0.25) is 0 Å². The van der Waals surface area contributed by atoms with E-state index in [1.165, 1.54) is 50.9 Å². The highest BCUT2D eigenvalue weighted by molar-refractivity contribution is 5.77. The van der Waals surface area contributed by atoms with Crippen LogP contribution in [-0.2, 0) is 4.79 Å². The molecule has 1 unspecified atom stereocenters. The van der Waals surface area contributed by atoms with Crippen LogP contribution in [0.15, 0.2) is 30.3 Å². The highest BCUT2D eigenvalue weighted by atomic mass is 16.1. The summed E-state index contributed by atoms with van der Waals surface area (Å²) in [6, 6.07) is 10.6. The van der Waals surface area contributed by atoms with E-state index in [4.69, 9.17) is 0 Å². The molecule has 2 fully saturated rings. The molecule has 3 heteroatoms. The molecule has 1 saturated carbocycles. The standard InChI is InChI=1S/C22H34N2O/c1-17(2)16-24-12-10-18(11-13-24)15-23-22(25)14-21(20-8-9-20)19-6-4-3-5-7-19/h3-7,17-18,20-21H,8-16H2,1-2H3,(H,23,25). The zero-order valence-corrected chi connectivity index (χ0v) is 15.9. The quantitative estimate of drug-likeness (QED) is 0.773. The molecule has 1 heterocycles. The van der Waals surface area contributed by atoms with Gasteiger partial charge in [-0.1, -0.05) is 44.2 Å². The van der Waals surface area contributed by atoms with Crippen LogP contribution in [0.25, 0.3) is 0 Å². The zero-order valence-electron chi connectivity index (χ0n) is 15.9. The first-order valence-corrected chi connectivity index (χ1v) is 10.2. The summed E-state index contributed by atoms with van der Waals surface area (Å²) in [4.78, 5) is 15.1. The van der Waals surface area contributed by atoms with E-state index in [1.54, 1.807) is 0 Å². The van der Waals surface area contributed by atoms with E-state index in [2.05, 4.69) is 54.4 Å². The van der Waals surface area contributed by atoms with E-state index in [-0.39, 0.29) is 5.91 Å². The first kappa shape index (κ1) is 18.4. The van der Waals surface area contributed by atoms with Crippen LogP contribution >= 0.6 is 0 Å². The van der Waals surface area contributed by atoms with Gasteiger partial charge >= 0.3 is 0 Å². The Kier molecular flexibility index (Phi) is 6.52. The molecule has 25 heavy (non-hydrogen) atoms. The maximum Gasteiger partial charge on any atom is 0.220 e. The molecule has 0 radical (unpaired) electrons. The lowest BCUT2D eigenvalue weighted by molar-refractivity contribution is -0.121. The van der Waals surface area contributed by atoms with E-state index in [9.17, 15) is 4.79 Å².